The molecule has 1 aromatic carbocycles. The zero-order valence-corrected chi connectivity index (χ0v) is 9.25. The first-order valence-electron chi connectivity index (χ1n) is 5.19. The summed E-state index contributed by atoms with van der Waals surface area (Å²) in [5.41, 5.74) is 0. The summed E-state index contributed by atoms with van der Waals surface area (Å²) in [6, 6.07) is 8.89. The van der Waals surface area contributed by atoms with Gasteiger partial charge in [-0.15, -0.1) is 0 Å². The van der Waals surface area contributed by atoms with Gasteiger partial charge in [0.25, 0.3) is 0 Å². The molecule has 5 nitrogen and oxygen atoms in total. The van der Waals surface area contributed by atoms with Crippen LogP contribution in [-0.2, 0) is 9.53 Å². The number of para-hydroxylation sites is 2. The number of carbonyl (C=O) groups excluding carboxylic acids is 1. The fourth-order valence-corrected chi connectivity index (χ4v) is 1.41. The number of carbonyl (C=O) groups is 1. The predicted octanol–water partition coefficient (Wildman–Crippen LogP) is 1.28. The highest BCUT2D eigenvalue weighted by Crippen LogP contribution is 2.31. The van der Waals surface area contributed by atoms with Crippen LogP contribution in [0, 0.1) is 11.3 Å². The van der Waals surface area contributed by atoms with Crippen LogP contribution in [-0.4, -0.2) is 24.8 Å². The Bertz CT molecular complexity index is 466. The van der Waals surface area contributed by atoms with Crippen LogP contribution in [0.1, 0.15) is 6.92 Å². The first kappa shape index (κ1) is 11.3. The highest BCUT2D eigenvalue weighted by atomic mass is 16.6. The lowest BCUT2D eigenvalue weighted by molar-refractivity contribution is -0.156. The third-order valence-corrected chi connectivity index (χ3v) is 2.25. The minimum Gasteiger partial charge on any atom is -0.485 e. The summed E-state index contributed by atoms with van der Waals surface area (Å²) in [6.45, 7) is 1.59. The number of esters is 1. The Morgan fingerprint density at radius 2 is 2.24 bits per heavy atom. The van der Waals surface area contributed by atoms with Crippen LogP contribution in [0.2, 0.25) is 0 Å². The summed E-state index contributed by atoms with van der Waals surface area (Å²) in [5.74, 6) is 0.517. The minimum absolute atomic E-state index is 0.0913. The van der Waals surface area contributed by atoms with Crippen LogP contribution in [0.4, 0.5) is 0 Å². The van der Waals surface area contributed by atoms with Gasteiger partial charge in [0.15, 0.2) is 17.6 Å². The monoisotopic (exact) mass is 233 g/mol. The first-order valence-corrected chi connectivity index (χ1v) is 5.19. The third kappa shape index (κ3) is 2.48. The van der Waals surface area contributed by atoms with E-state index in [0.29, 0.717) is 11.5 Å². The van der Waals surface area contributed by atoms with Gasteiger partial charge in [0.2, 0.25) is 6.10 Å². The third-order valence-electron chi connectivity index (χ3n) is 2.25. The maximum absolute atomic E-state index is 11.6. The molecule has 0 aliphatic carbocycles. The molecule has 1 heterocycles. The van der Waals surface area contributed by atoms with Crippen LogP contribution in [0.5, 0.6) is 11.5 Å². The van der Waals surface area contributed by atoms with Gasteiger partial charge in [0.05, 0.1) is 0 Å². The molecule has 2 atom stereocenters. The van der Waals surface area contributed by atoms with Crippen LogP contribution >= 0.6 is 0 Å². The molecule has 2 rings (SSSR count). The molecule has 88 valence electrons. The molecule has 0 saturated carbocycles. The normalized spacial score (nSPS) is 18.9. The number of ether oxygens (including phenoxy) is 3. The van der Waals surface area contributed by atoms with Gasteiger partial charge in [0.1, 0.15) is 12.7 Å². The van der Waals surface area contributed by atoms with Crippen LogP contribution in [0.25, 0.3) is 0 Å². The summed E-state index contributed by atoms with van der Waals surface area (Å²) in [6.07, 6.45) is -1.61. The molecular formula is C12H11NO4. The average molecular weight is 233 g/mol. The van der Waals surface area contributed by atoms with Gasteiger partial charge in [-0.1, -0.05) is 12.1 Å². The van der Waals surface area contributed by atoms with E-state index in [4.69, 9.17) is 19.5 Å². The standard InChI is InChI=1S/C12H11NO4/c1-8(6-13)16-12(14)11-7-15-9-4-2-3-5-10(9)17-11/h2-5,8,11H,7H2,1H3/t8-,11-/m0/s1. The Kier molecular flexibility index (Phi) is 3.15. The van der Waals surface area contributed by atoms with E-state index in [9.17, 15) is 4.79 Å². The van der Waals surface area contributed by atoms with Gasteiger partial charge in [0, 0.05) is 0 Å². The maximum atomic E-state index is 11.6. The molecule has 0 saturated heterocycles. The number of nitrogens with zero attached hydrogens (tertiary/aromatic N) is 1. The molecule has 0 amide bonds. The van der Waals surface area contributed by atoms with E-state index in [0.717, 1.165) is 0 Å². The zero-order valence-electron chi connectivity index (χ0n) is 9.25. The van der Waals surface area contributed by atoms with Crippen molar-refractivity contribution in [1.82, 2.24) is 0 Å². The van der Waals surface area contributed by atoms with Crippen molar-refractivity contribution >= 4 is 5.97 Å². The first-order chi connectivity index (χ1) is 8.20. The second kappa shape index (κ2) is 4.74. The summed E-state index contributed by atoms with van der Waals surface area (Å²) in [5, 5.41) is 8.54. The second-order valence-electron chi connectivity index (χ2n) is 3.57. The van der Waals surface area contributed by atoms with Crippen LogP contribution in [0.3, 0.4) is 0 Å². The molecule has 0 bridgehead atoms. The van der Waals surface area contributed by atoms with Gasteiger partial charge in [-0.05, 0) is 19.1 Å². The number of hydrogen-bond donors (Lipinski definition) is 0. The van der Waals surface area contributed by atoms with Crippen molar-refractivity contribution in [3.05, 3.63) is 24.3 Å². The van der Waals surface area contributed by atoms with Gasteiger partial charge < -0.3 is 14.2 Å². The van der Waals surface area contributed by atoms with Gasteiger partial charge in [-0.3, -0.25) is 0 Å². The number of hydrogen-bond acceptors (Lipinski definition) is 5. The van der Waals surface area contributed by atoms with Crippen molar-refractivity contribution in [2.45, 2.75) is 19.1 Å². The smallest absolute Gasteiger partial charge is 0.352 e. The molecule has 0 unspecified atom stereocenters. The van der Waals surface area contributed by atoms with Crippen molar-refractivity contribution in [1.29, 1.82) is 5.26 Å². The Labute approximate surface area is 98.5 Å². The lowest BCUT2D eigenvalue weighted by Gasteiger charge is -2.25. The van der Waals surface area contributed by atoms with Crippen LogP contribution < -0.4 is 9.47 Å². The lowest BCUT2D eigenvalue weighted by atomic mass is 10.2. The summed E-state index contributed by atoms with van der Waals surface area (Å²) in [7, 11) is 0. The molecule has 0 spiro atoms. The van der Waals surface area contributed by atoms with Gasteiger partial charge in [-0.2, -0.15) is 5.26 Å². The summed E-state index contributed by atoms with van der Waals surface area (Å²) >= 11 is 0. The number of benzene rings is 1. The number of rotatable bonds is 2. The molecule has 1 aliphatic rings. The highest BCUT2D eigenvalue weighted by Gasteiger charge is 2.29. The molecule has 17 heavy (non-hydrogen) atoms. The van der Waals surface area contributed by atoms with Gasteiger partial charge >= 0.3 is 5.97 Å². The molecule has 0 radical (unpaired) electrons. The molecule has 0 aromatic heterocycles. The Morgan fingerprint density at radius 1 is 1.53 bits per heavy atom. The van der Waals surface area contributed by atoms with Crippen molar-refractivity contribution in [2.24, 2.45) is 0 Å². The number of fused-ring (bicyclic) bond motifs is 1. The SMILES string of the molecule is C[C@@H](C#N)OC(=O)[C@@H]1COc2ccccc2O1. The van der Waals surface area contributed by atoms with Gasteiger partial charge in [-0.25, -0.2) is 4.79 Å². The quantitative estimate of drug-likeness (QED) is 0.720. The topological polar surface area (TPSA) is 68.5 Å². The lowest BCUT2D eigenvalue weighted by Crippen LogP contribution is -2.39. The van der Waals surface area contributed by atoms with Crippen molar-refractivity contribution < 1.29 is 19.0 Å². The van der Waals surface area contributed by atoms with E-state index in [1.165, 1.54) is 6.92 Å². The predicted molar refractivity (Wildman–Crippen MR) is 57.5 cm³/mol. The molecular weight excluding hydrogens is 222 g/mol. The number of nitriles is 1. The fraction of sp³-hybridized carbons (Fsp3) is 0.333. The van der Waals surface area contributed by atoms with E-state index in [2.05, 4.69) is 0 Å². The van der Waals surface area contributed by atoms with E-state index in [1.807, 2.05) is 12.1 Å². The molecule has 1 aliphatic heterocycles. The molecule has 0 N–H and O–H groups in total. The average Bonchev–Trinajstić information content (AvgIpc) is 2.38. The molecule has 1 aromatic rings. The van der Waals surface area contributed by atoms with Crippen molar-refractivity contribution in [3.8, 4) is 17.6 Å². The highest BCUT2D eigenvalue weighted by molar-refractivity contribution is 5.76. The maximum Gasteiger partial charge on any atom is 0.352 e. The molecule has 5 heteroatoms. The zero-order chi connectivity index (χ0) is 12.3. The fourth-order valence-electron chi connectivity index (χ4n) is 1.41. The van der Waals surface area contributed by atoms with E-state index >= 15 is 0 Å². The Balaban J connectivity index is 2.03. The second-order valence-corrected chi connectivity index (χ2v) is 3.57. The van der Waals surface area contributed by atoms with E-state index in [-0.39, 0.29) is 6.61 Å². The van der Waals surface area contributed by atoms with Crippen molar-refractivity contribution in [2.75, 3.05) is 6.61 Å². The van der Waals surface area contributed by atoms with Crippen molar-refractivity contribution in [3.63, 3.8) is 0 Å². The largest absolute Gasteiger partial charge is 0.485 e. The van der Waals surface area contributed by atoms with E-state index < -0.39 is 18.2 Å². The minimum atomic E-state index is -0.819. The Hall–Kier alpha value is -2.22. The summed E-state index contributed by atoms with van der Waals surface area (Å²) in [4.78, 5) is 11.6. The van der Waals surface area contributed by atoms with E-state index in [1.54, 1.807) is 18.2 Å². The molecule has 0 fully saturated rings. The van der Waals surface area contributed by atoms with Crippen LogP contribution in [0.15, 0.2) is 24.3 Å². The Morgan fingerprint density at radius 3 is 2.94 bits per heavy atom. The summed E-state index contributed by atoms with van der Waals surface area (Å²) < 4.78 is 15.6.